The minimum Gasteiger partial charge on any atom is -0.359 e. The zero-order valence-corrected chi connectivity index (χ0v) is 8.02. The van der Waals surface area contributed by atoms with Crippen LogP contribution in [0.15, 0.2) is 0 Å². The molecule has 0 saturated carbocycles. The monoisotopic (exact) mass is 171 g/mol. The molecule has 1 amide bonds. The van der Waals surface area contributed by atoms with Gasteiger partial charge in [-0.15, -0.1) is 0 Å². The average Bonchev–Trinajstić information content (AvgIpc) is 2.03. The Morgan fingerprint density at radius 1 is 1.25 bits per heavy atom. The first-order valence-corrected chi connectivity index (χ1v) is 4.31. The van der Waals surface area contributed by atoms with Gasteiger partial charge in [0, 0.05) is 25.8 Å². The van der Waals surface area contributed by atoms with E-state index < -0.39 is 0 Å². The van der Waals surface area contributed by atoms with E-state index >= 15 is 0 Å². The van der Waals surface area contributed by atoms with Gasteiger partial charge in [0.1, 0.15) is 5.78 Å². The van der Waals surface area contributed by atoms with Crippen LogP contribution in [0.1, 0.15) is 33.1 Å². The van der Waals surface area contributed by atoms with E-state index in [9.17, 15) is 9.59 Å². The molecule has 0 unspecified atom stereocenters. The molecule has 0 heterocycles. The Balaban J connectivity index is 3.44. The fourth-order valence-electron chi connectivity index (χ4n) is 0.837. The van der Waals surface area contributed by atoms with Gasteiger partial charge in [0.05, 0.1) is 0 Å². The highest BCUT2D eigenvalue weighted by molar-refractivity contribution is 5.81. The van der Waals surface area contributed by atoms with Gasteiger partial charge in [-0.3, -0.25) is 9.59 Å². The number of amides is 1. The van der Waals surface area contributed by atoms with Crippen LogP contribution < -0.4 is 5.32 Å². The Kier molecular flexibility index (Phi) is 5.34. The van der Waals surface area contributed by atoms with Gasteiger partial charge in [-0.1, -0.05) is 13.8 Å². The molecule has 0 aromatic carbocycles. The Bertz CT molecular complexity index is 164. The van der Waals surface area contributed by atoms with E-state index in [0.717, 1.165) is 0 Å². The molecule has 0 fully saturated rings. The number of carbonyl (C=O) groups excluding carboxylic acids is 2. The van der Waals surface area contributed by atoms with Gasteiger partial charge in [0.15, 0.2) is 0 Å². The fraction of sp³-hybridized carbons (Fsp3) is 0.778. The normalized spacial score (nSPS) is 10.0. The van der Waals surface area contributed by atoms with Crippen LogP contribution in [0.3, 0.4) is 0 Å². The van der Waals surface area contributed by atoms with Gasteiger partial charge in [0.2, 0.25) is 5.91 Å². The first-order valence-electron chi connectivity index (χ1n) is 4.31. The van der Waals surface area contributed by atoms with Crippen molar-refractivity contribution in [3.05, 3.63) is 0 Å². The molecule has 0 rings (SSSR count). The molecule has 12 heavy (non-hydrogen) atoms. The Morgan fingerprint density at radius 3 is 2.25 bits per heavy atom. The Labute approximate surface area is 73.5 Å². The molecule has 0 aliphatic heterocycles. The maximum absolute atomic E-state index is 11.1. The third-order valence-corrected chi connectivity index (χ3v) is 1.75. The zero-order chi connectivity index (χ0) is 9.56. The molecule has 0 spiro atoms. The standard InChI is InChI=1S/C9H17NO2/c1-7(2)8(11)5-4-6-9(12)10-3/h7H,4-6H2,1-3H3,(H,10,12). The molecule has 0 aliphatic carbocycles. The van der Waals surface area contributed by atoms with E-state index in [4.69, 9.17) is 0 Å². The molecule has 3 heteroatoms. The number of hydrogen-bond acceptors (Lipinski definition) is 2. The number of carbonyl (C=O) groups is 2. The molecule has 0 aliphatic rings. The molecular weight excluding hydrogens is 154 g/mol. The molecular formula is C9H17NO2. The maximum Gasteiger partial charge on any atom is 0.219 e. The molecule has 70 valence electrons. The summed E-state index contributed by atoms with van der Waals surface area (Å²) in [5.74, 6) is 0.333. The molecule has 0 aromatic rings. The summed E-state index contributed by atoms with van der Waals surface area (Å²) in [5, 5.41) is 2.52. The third kappa shape index (κ3) is 4.88. The molecule has 0 bridgehead atoms. The lowest BCUT2D eigenvalue weighted by molar-refractivity contribution is -0.122. The summed E-state index contributed by atoms with van der Waals surface area (Å²) in [7, 11) is 1.60. The smallest absolute Gasteiger partial charge is 0.219 e. The van der Waals surface area contributed by atoms with Crippen LogP contribution in [0.5, 0.6) is 0 Å². The van der Waals surface area contributed by atoms with E-state index in [1.807, 2.05) is 13.8 Å². The van der Waals surface area contributed by atoms with Crippen LogP contribution in [-0.2, 0) is 9.59 Å². The van der Waals surface area contributed by atoms with Crippen LogP contribution in [0.4, 0.5) is 0 Å². The third-order valence-electron chi connectivity index (χ3n) is 1.75. The Hall–Kier alpha value is -0.860. The minimum absolute atomic E-state index is 0.00607. The molecule has 0 saturated heterocycles. The first-order chi connectivity index (χ1) is 5.57. The predicted octanol–water partition coefficient (Wildman–Crippen LogP) is 1.13. The lowest BCUT2D eigenvalue weighted by Crippen LogP contribution is -2.17. The SMILES string of the molecule is CNC(=O)CCCC(=O)C(C)C. The van der Waals surface area contributed by atoms with Crippen LogP contribution in [-0.4, -0.2) is 18.7 Å². The van der Waals surface area contributed by atoms with Crippen molar-refractivity contribution < 1.29 is 9.59 Å². The van der Waals surface area contributed by atoms with Gasteiger partial charge in [0.25, 0.3) is 0 Å². The highest BCUT2D eigenvalue weighted by Gasteiger charge is 2.07. The minimum atomic E-state index is 0.00607. The van der Waals surface area contributed by atoms with Gasteiger partial charge < -0.3 is 5.32 Å². The second kappa shape index (κ2) is 5.75. The predicted molar refractivity (Wildman–Crippen MR) is 47.8 cm³/mol. The van der Waals surface area contributed by atoms with Crippen molar-refractivity contribution in [2.24, 2.45) is 5.92 Å². The van der Waals surface area contributed by atoms with Crippen molar-refractivity contribution in [3.8, 4) is 0 Å². The lowest BCUT2D eigenvalue weighted by Gasteiger charge is -2.02. The van der Waals surface area contributed by atoms with Crippen LogP contribution >= 0.6 is 0 Å². The first kappa shape index (κ1) is 11.1. The summed E-state index contributed by atoms with van der Waals surface area (Å²) in [5.41, 5.74) is 0. The molecule has 0 radical (unpaired) electrons. The summed E-state index contributed by atoms with van der Waals surface area (Å²) >= 11 is 0. The van der Waals surface area contributed by atoms with Crippen molar-refractivity contribution in [1.29, 1.82) is 0 Å². The second-order valence-corrected chi connectivity index (χ2v) is 3.15. The average molecular weight is 171 g/mol. The number of ketones is 1. The number of Topliss-reactive ketones (excluding diaryl/α,β-unsaturated/α-hetero) is 1. The van der Waals surface area contributed by atoms with Gasteiger partial charge >= 0.3 is 0 Å². The highest BCUT2D eigenvalue weighted by atomic mass is 16.1. The molecule has 0 aromatic heterocycles. The fourth-order valence-corrected chi connectivity index (χ4v) is 0.837. The molecule has 0 atom stereocenters. The van der Waals surface area contributed by atoms with E-state index in [2.05, 4.69) is 5.32 Å². The lowest BCUT2D eigenvalue weighted by atomic mass is 10.0. The number of rotatable bonds is 5. The van der Waals surface area contributed by atoms with Crippen molar-refractivity contribution in [1.82, 2.24) is 5.32 Å². The number of nitrogens with one attached hydrogen (secondary N) is 1. The topological polar surface area (TPSA) is 46.2 Å². The maximum atomic E-state index is 11.1. The van der Waals surface area contributed by atoms with Gasteiger partial charge in [-0.05, 0) is 6.42 Å². The van der Waals surface area contributed by atoms with E-state index in [1.54, 1.807) is 7.05 Å². The van der Waals surface area contributed by atoms with Crippen molar-refractivity contribution in [2.75, 3.05) is 7.05 Å². The van der Waals surface area contributed by atoms with Crippen molar-refractivity contribution in [2.45, 2.75) is 33.1 Å². The van der Waals surface area contributed by atoms with Gasteiger partial charge in [-0.2, -0.15) is 0 Å². The van der Waals surface area contributed by atoms with Crippen molar-refractivity contribution in [3.63, 3.8) is 0 Å². The summed E-state index contributed by atoms with van der Waals surface area (Å²) in [4.78, 5) is 21.8. The second-order valence-electron chi connectivity index (χ2n) is 3.15. The van der Waals surface area contributed by atoms with Crippen LogP contribution in [0.25, 0.3) is 0 Å². The van der Waals surface area contributed by atoms with E-state index in [0.29, 0.717) is 19.3 Å². The summed E-state index contributed by atoms with van der Waals surface area (Å²) in [6.07, 6.45) is 1.64. The van der Waals surface area contributed by atoms with Crippen LogP contribution in [0, 0.1) is 5.92 Å². The number of hydrogen-bond donors (Lipinski definition) is 1. The summed E-state index contributed by atoms with van der Waals surface area (Å²) in [6.45, 7) is 3.75. The van der Waals surface area contributed by atoms with Crippen LogP contribution in [0.2, 0.25) is 0 Å². The van der Waals surface area contributed by atoms with E-state index in [1.165, 1.54) is 0 Å². The molecule has 1 N–H and O–H groups in total. The summed E-state index contributed by atoms with van der Waals surface area (Å²) in [6, 6.07) is 0. The van der Waals surface area contributed by atoms with E-state index in [-0.39, 0.29) is 17.6 Å². The zero-order valence-electron chi connectivity index (χ0n) is 8.02. The van der Waals surface area contributed by atoms with Crippen molar-refractivity contribution >= 4 is 11.7 Å². The molecule has 3 nitrogen and oxygen atoms in total. The summed E-state index contributed by atoms with van der Waals surface area (Å²) < 4.78 is 0. The Morgan fingerprint density at radius 2 is 1.83 bits per heavy atom. The largest absolute Gasteiger partial charge is 0.359 e. The van der Waals surface area contributed by atoms with Gasteiger partial charge in [-0.25, -0.2) is 0 Å². The highest BCUT2D eigenvalue weighted by Crippen LogP contribution is 2.03. The quantitative estimate of drug-likeness (QED) is 0.674.